The Morgan fingerprint density at radius 2 is 2.00 bits per heavy atom. The zero-order valence-electron chi connectivity index (χ0n) is 15.3. The summed E-state index contributed by atoms with van der Waals surface area (Å²) >= 11 is 0. The monoisotopic (exact) mass is 350 g/mol. The molecule has 2 heterocycles. The molecule has 0 bridgehead atoms. The van der Waals surface area contributed by atoms with Crippen molar-refractivity contribution in [3.8, 4) is 0 Å². The van der Waals surface area contributed by atoms with Crippen LogP contribution >= 0.6 is 0 Å². The van der Waals surface area contributed by atoms with Gasteiger partial charge >= 0.3 is 0 Å². The van der Waals surface area contributed by atoms with Crippen molar-refractivity contribution in [2.24, 2.45) is 0 Å². The summed E-state index contributed by atoms with van der Waals surface area (Å²) < 4.78 is 5.70. The largest absolute Gasteiger partial charge is 0.464 e. The zero-order chi connectivity index (χ0) is 17.9. The number of amides is 1. The lowest BCUT2D eigenvalue weighted by Crippen LogP contribution is -2.42. The van der Waals surface area contributed by atoms with Crippen LogP contribution in [0.15, 0.2) is 47.1 Å². The van der Waals surface area contributed by atoms with E-state index in [0.717, 1.165) is 48.0 Å². The summed E-state index contributed by atoms with van der Waals surface area (Å²) in [5.41, 5.74) is 1.80. The molecule has 0 aliphatic carbocycles. The average Bonchev–Trinajstić information content (AvgIpc) is 3.33. The first-order valence-electron chi connectivity index (χ1n) is 9.65. The van der Waals surface area contributed by atoms with Crippen LogP contribution in [0, 0.1) is 0 Å². The van der Waals surface area contributed by atoms with Gasteiger partial charge in [0, 0.05) is 23.5 Å². The minimum Gasteiger partial charge on any atom is -0.464 e. The summed E-state index contributed by atoms with van der Waals surface area (Å²) in [5.74, 6) is 0.0679. The molecule has 0 radical (unpaired) electrons. The molecular weight excluding hydrogens is 324 g/mol. The Bertz CT molecular complexity index is 909. The van der Waals surface area contributed by atoms with E-state index in [1.807, 2.05) is 18.2 Å². The molecule has 2 aromatic carbocycles. The number of rotatable bonds is 6. The van der Waals surface area contributed by atoms with Gasteiger partial charge in [-0.15, -0.1) is 0 Å². The van der Waals surface area contributed by atoms with Crippen molar-refractivity contribution in [2.45, 2.75) is 38.6 Å². The third-order valence-electron chi connectivity index (χ3n) is 5.55. The van der Waals surface area contributed by atoms with Gasteiger partial charge in [-0.2, -0.15) is 0 Å². The van der Waals surface area contributed by atoms with Crippen molar-refractivity contribution in [2.75, 3.05) is 19.6 Å². The summed E-state index contributed by atoms with van der Waals surface area (Å²) in [4.78, 5) is 15.1. The molecule has 4 nitrogen and oxygen atoms in total. The number of nitrogens with zero attached hydrogens (tertiary/aromatic N) is 1. The van der Waals surface area contributed by atoms with E-state index in [0.29, 0.717) is 12.5 Å². The standard InChI is InChI=1S/C22H26N2O2/c1-2-18(24-11-5-6-12-24)14-23-21(25)13-17-15-26-20-10-9-16-7-3-4-8-19(16)22(17)20/h3-4,7-10,15,18H,2,5-6,11-14H2,1H3,(H,23,25). The van der Waals surface area contributed by atoms with E-state index in [-0.39, 0.29) is 5.91 Å². The maximum atomic E-state index is 12.6. The van der Waals surface area contributed by atoms with Gasteiger partial charge in [-0.1, -0.05) is 37.3 Å². The Balaban J connectivity index is 1.48. The van der Waals surface area contributed by atoms with Gasteiger partial charge in [-0.3, -0.25) is 9.69 Å². The SMILES string of the molecule is CCC(CNC(=O)Cc1coc2ccc3ccccc3c12)N1CCCC1. The molecule has 1 amide bonds. The second-order valence-electron chi connectivity index (χ2n) is 7.21. The van der Waals surface area contributed by atoms with Crippen molar-refractivity contribution < 1.29 is 9.21 Å². The van der Waals surface area contributed by atoms with Gasteiger partial charge in [0.25, 0.3) is 0 Å². The fourth-order valence-corrected chi connectivity index (χ4v) is 4.11. The maximum absolute atomic E-state index is 12.6. The van der Waals surface area contributed by atoms with Crippen molar-refractivity contribution in [1.29, 1.82) is 0 Å². The summed E-state index contributed by atoms with van der Waals surface area (Å²) in [6.07, 6.45) is 5.71. The molecule has 1 atom stereocenters. The fraction of sp³-hybridized carbons (Fsp3) is 0.409. The number of fused-ring (bicyclic) bond motifs is 3. The van der Waals surface area contributed by atoms with Crippen LogP contribution in [0.5, 0.6) is 0 Å². The smallest absolute Gasteiger partial charge is 0.224 e. The van der Waals surface area contributed by atoms with Crippen LogP contribution in [-0.4, -0.2) is 36.5 Å². The number of furan rings is 1. The highest BCUT2D eigenvalue weighted by Crippen LogP contribution is 2.30. The van der Waals surface area contributed by atoms with Gasteiger partial charge in [-0.05, 0) is 49.2 Å². The normalized spacial score (nSPS) is 16.3. The van der Waals surface area contributed by atoms with Crippen molar-refractivity contribution >= 4 is 27.6 Å². The maximum Gasteiger partial charge on any atom is 0.224 e. The van der Waals surface area contributed by atoms with Crippen LogP contribution in [0.3, 0.4) is 0 Å². The molecule has 136 valence electrons. The topological polar surface area (TPSA) is 45.5 Å². The minimum absolute atomic E-state index is 0.0679. The summed E-state index contributed by atoms with van der Waals surface area (Å²) in [5, 5.41) is 6.51. The van der Waals surface area contributed by atoms with E-state index in [4.69, 9.17) is 4.42 Å². The highest BCUT2D eigenvalue weighted by Gasteiger charge is 2.21. The first kappa shape index (κ1) is 17.1. The molecule has 1 saturated heterocycles. The Morgan fingerprint density at radius 3 is 2.81 bits per heavy atom. The molecule has 26 heavy (non-hydrogen) atoms. The van der Waals surface area contributed by atoms with E-state index >= 15 is 0 Å². The van der Waals surface area contributed by atoms with Gasteiger partial charge in [0.1, 0.15) is 5.58 Å². The second kappa shape index (κ2) is 7.50. The summed E-state index contributed by atoms with van der Waals surface area (Å²) in [7, 11) is 0. The number of hydrogen-bond donors (Lipinski definition) is 1. The zero-order valence-corrected chi connectivity index (χ0v) is 15.3. The van der Waals surface area contributed by atoms with E-state index in [2.05, 4.69) is 35.3 Å². The van der Waals surface area contributed by atoms with Crippen LogP contribution < -0.4 is 5.32 Å². The van der Waals surface area contributed by atoms with Crippen LogP contribution in [0.4, 0.5) is 0 Å². The number of carbonyl (C=O) groups excluding carboxylic acids is 1. The second-order valence-corrected chi connectivity index (χ2v) is 7.21. The molecule has 0 saturated carbocycles. The van der Waals surface area contributed by atoms with Gasteiger partial charge in [0.05, 0.1) is 12.7 Å². The number of hydrogen-bond acceptors (Lipinski definition) is 3. The first-order chi connectivity index (χ1) is 12.8. The molecular formula is C22H26N2O2. The molecule has 1 unspecified atom stereocenters. The van der Waals surface area contributed by atoms with Crippen molar-refractivity contribution in [3.05, 3.63) is 48.2 Å². The van der Waals surface area contributed by atoms with Gasteiger partial charge < -0.3 is 9.73 Å². The Morgan fingerprint density at radius 1 is 1.19 bits per heavy atom. The van der Waals surface area contributed by atoms with Gasteiger partial charge in [0.2, 0.25) is 5.91 Å². The number of nitrogens with one attached hydrogen (secondary N) is 1. The lowest BCUT2D eigenvalue weighted by molar-refractivity contribution is -0.120. The van der Waals surface area contributed by atoms with Gasteiger partial charge in [0.15, 0.2) is 0 Å². The Kier molecular flexibility index (Phi) is 4.93. The van der Waals surface area contributed by atoms with Crippen LogP contribution in [0.25, 0.3) is 21.7 Å². The average molecular weight is 350 g/mol. The van der Waals surface area contributed by atoms with E-state index in [1.54, 1.807) is 6.26 Å². The molecule has 1 aliphatic heterocycles. The first-order valence-corrected chi connectivity index (χ1v) is 9.65. The van der Waals surface area contributed by atoms with Crippen LogP contribution in [0.2, 0.25) is 0 Å². The fourth-order valence-electron chi connectivity index (χ4n) is 4.11. The van der Waals surface area contributed by atoms with Crippen LogP contribution in [0.1, 0.15) is 31.7 Å². The summed E-state index contributed by atoms with van der Waals surface area (Å²) in [6.45, 7) is 5.25. The third-order valence-corrected chi connectivity index (χ3v) is 5.55. The number of likely N-dealkylation sites (tertiary alicyclic amines) is 1. The highest BCUT2D eigenvalue weighted by atomic mass is 16.3. The van der Waals surface area contributed by atoms with Crippen molar-refractivity contribution in [1.82, 2.24) is 10.2 Å². The molecule has 4 heteroatoms. The molecule has 1 aliphatic rings. The Hall–Kier alpha value is -2.33. The molecule has 3 aromatic rings. The van der Waals surface area contributed by atoms with Crippen molar-refractivity contribution in [3.63, 3.8) is 0 Å². The molecule has 0 spiro atoms. The predicted octanol–water partition coefficient (Wildman–Crippen LogP) is 4.12. The quantitative estimate of drug-likeness (QED) is 0.727. The van der Waals surface area contributed by atoms with Gasteiger partial charge in [-0.25, -0.2) is 0 Å². The highest BCUT2D eigenvalue weighted by molar-refractivity contribution is 6.08. The lowest BCUT2D eigenvalue weighted by atomic mass is 10.0. The minimum atomic E-state index is 0.0679. The summed E-state index contributed by atoms with van der Waals surface area (Å²) in [6, 6.07) is 12.7. The van der Waals surface area contributed by atoms with E-state index in [9.17, 15) is 4.79 Å². The molecule has 1 N–H and O–H groups in total. The number of carbonyl (C=O) groups is 1. The lowest BCUT2D eigenvalue weighted by Gasteiger charge is -2.26. The molecule has 1 aromatic heterocycles. The Labute approximate surface area is 154 Å². The van der Waals surface area contributed by atoms with E-state index < -0.39 is 0 Å². The number of benzene rings is 2. The predicted molar refractivity (Wildman–Crippen MR) is 105 cm³/mol. The van der Waals surface area contributed by atoms with Crippen LogP contribution in [-0.2, 0) is 11.2 Å². The van der Waals surface area contributed by atoms with E-state index in [1.165, 1.54) is 18.2 Å². The molecule has 4 rings (SSSR count). The third kappa shape index (κ3) is 3.34. The molecule has 1 fully saturated rings.